The summed E-state index contributed by atoms with van der Waals surface area (Å²) in [5, 5.41) is 11.7. The molecule has 2 unspecified atom stereocenters. The average Bonchev–Trinajstić information content (AvgIpc) is 3.07. The number of aromatic amines is 1. The van der Waals surface area contributed by atoms with Crippen molar-refractivity contribution in [2.75, 3.05) is 13.2 Å². The molecule has 0 aliphatic carbocycles. The number of hydrogen-bond donors (Lipinski definition) is 2. The minimum absolute atomic E-state index is 0.00938. The van der Waals surface area contributed by atoms with E-state index in [1.54, 1.807) is 31.2 Å². The Balaban J connectivity index is 1.54. The van der Waals surface area contributed by atoms with Crippen molar-refractivity contribution in [2.24, 2.45) is 0 Å². The van der Waals surface area contributed by atoms with Crippen LogP contribution in [0.25, 0.3) is 0 Å². The lowest BCUT2D eigenvalue weighted by Gasteiger charge is -2.31. The van der Waals surface area contributed by atoms with E-state index in [0.29, 0.717) is 17.0 Å². The van der Waals surface area contributed by atoms with Crippen molar-refractivity contribution in [2.45, 2.75) is 56.8 Å². The molecule has 4 rings (SSSR count). The van der Waals surface area contributed by atoms with E-state index in [9.17, 15) is 24.1 Å². The van der Waals surface area contributed by atoms with Crippen molar-refractivity contribution in [3.63, 3.8) is 0 Å². The maximum Gasteiger partial charge on any atom is 0.475 e. The number of hydrogen-bond acceptors (Lipinski definition) is 10. The number of phosphoric ester groups is 1. The highest BCUT2D eigenvalue weighted by atomic mass is 35.5. The van der Waals surface area contributed by atoms with Crippen molar-refractivity contribution in [3.05, 3.63) is 68.0 Å². The van der Waals surface area contributed by atoms with E-state index in [0.717, 1.165) is 16.8 Å². The molecule has 36 heavy (non-hydrogen) atoms. The number of nitrogens with one attached hydrogen (secondary N) is 1. The number of halogens is 1. The number of nitrogens with zero attached hydrogens (tertiary/aromatic N) is 1. The molecule has 1 aromatic heterocycles. The standard InChI is InChI=1S/C22H26ClN2O10P/c1-3-18(27)34-19-16(33-20(22(19,2)29)25-9-7-17(26)24-21(25)28)12-32-36(30)31-10-8-15(35-36)13-5-4-6-14(23)11-13/h4-7,9,11,15-16,19-20,29H,3,8,10,12H2,1-2H3,(H,24,26,28)/t15?,16-,19-,20-,22-,36?/m1/s1. The maximum atomic E-state index is 13.2. The Morgan fingerprint density at radius 1 is 1.36 bits per heavy atom. The number of carbonyl (C=O) groups is 1. The fourth-order valence-electron chi connectivity index (χ4n) is 4.07. The second-order valence-corrected chi connectivity index (χ2v) is 10.6. The Morgan fingerprint density at radius 3 is 2.83 bits per heavy atom. The van der Waals surface area contributed by atoms with Gasteiger partial charge in [-0.05, 0) is 24.6 Å². The summed E-state index contributed by atoms with van der Waals surface area (Å²) in [5.41, 5.74) is -2.71. The first-order chi connectivity index (χ1) is 17.0. The van der Waals surface area contributed by atoms with E-state index in [4.69, 9.17) is 34.6 Å². The summed E-state index contributed by atoms with van der Waals surface area (Å²) < 4.78 is 41.9. The van der Waals surface area contributed by atoms with Crippen LogP contribution in [0.4, 0.5) is 0 Å². The summed E-state index contributed by atoms with van der Waals surface area (Å²) in [5.74, 6) is -0.638. The molecule has 3 heterocycles. The number of phosphoric acid groups is 1. The Kier molecular flexibility index (Phi) is 7.86. The van der Waals surface area contributed by atoms with Gasteiger partial charge in [0.1, 0.15) is 11.7 Å². The minimum atomic E-state index is -4.08. The number of rotatable bonds is 7. The number of aromatic nitrogens is 2. The first kappa shape index (κ1) is 26.7. The number of benzene rings is 1. The van der Waals surface area contributed by atoms with Gasteiger partial charge in [-0.1, -0.05) is 30.7 Å². The van der Waals surface area contributed by atoms with Crippen LogP contribution in [0.15, 0.2) is 46.1 Å². The quantitative estimate of drug-likeness (QED) is 0.392. The fraction of sp³-hybridized carbons (Fsp3) is 0.500. The lowest BCUT2D eigenvalue weighted by Crippen LogP contribution is -2.49. The van der Waals surface area contributed by atoms with E-state index in [1.807, 2.05) is 0 Å². The van der Waals surface area contributed by atoms with Crippen molar-refractivity contribution >= 4 is 25.4 Å². The molecule has 0 spiro atoms. The second-order valence-electron chi connectivity index (χ2n) is 8.55. The van der Waals surface area contributed by atoms with Crippen LogP contribution in [-0.4, -0.2) is 51.6 Å². The number of H-pyrrole nitrogens is 1. The van der Waals surface area contributed by atoms with Gasteiger partial charge in [-0.2, -0.15) is 0 Å². The smallest absolute Gasteiger partial charge is 0.456 e. The number of ether oxygens (including phenoxy) is 2. The average molecular weight is 545 g/mol. The zero-order valence-electron chi connectivity index (χ0n) is 19.5. The molecule has 2 aromatic rings. The van der Waals surface area contributed by atoms with Crippen LogP contribution >= 0.6 is 19.4 Å². The minimum Gasteiger partial charge on any atom is -0.456 e. The highest BCUT2D eigenvalue weighted by Crippen LogP contribution is 2.57. The maximum absolute atomic E-state index is 13.2. The van der Waals surface area contributed by atoms with Crippen LogP contribution in [0.3, 0.4) is 0 Å². The van der Waals surface area contributed by atoms with E-state index in [-0.39, 0.29) is 13.0 Å². The number of aliphatic hydroxyl groups is 1. The van der Waals surface area contributed by atoms with Gasteiger partial charge in [0.15, 0.2) is 12.3 Å². The highest BCUT2D eigenvalue weighted by Gasteiger charge is 2.57. The third-order valence-corrected chi connectivity index (χ3v) is 7.58. The van der Waals surface area contributed by atoms with Crippen molar-refractivity contribution in [1.82, 2.24) is 9.55 Å². The zero-order chi connectivity index (χ0) is 26.1. The van der Waals surface area contributed by atoms with Gasteiger partial charge in [0.2, 0.25) is 0 Å². The molecule has 0 saturated carbocycles. The number of carbonyl (C=O) groups excluding carboxylic acids is 1. The van der Waals surface area contributed by atoms with Gasteiger partial charge in [0, 0.05) is 30.1 Å². The van der Waals surface area contributed by atoms with Gasteiger partial charge < -0.3 is 14.6 Å². The molecule has 6 atom stereocenters. The Morgan fingerprint density at radius 2 is 2.14 bits per heavy atom. The molecule has 0 bridgehead atoms. The van der Waals surface area contributed by atoms with Crippen molar-refractivity contribution in [3.8, 4) is 0 Å². The summed E-state index contributed by atoms with van der Waals surface area (Å²) in [6.45, 7) is 2.50. The summed E-state index contributed by atoms with van der Waals surface area (Å²) in [4.78, 5) is 38.0. The predicted molar refractivity (Wildman–Crippen MR) is 125 cm³/mol. The molecule has 2 N–H and O–H groups in total. The van der Waals surface area contributed by atoms with Crippen LogP contribution in [0.1, 0.15) is 44.6 Å². The lowest BCUT2D eigenvalue weighted by atomic mass is 9.96. The lowest BCUT2D eigenvalue weighted by molar-refractivity contribution is -0.163. The van der Waals surface area contributed by atoms with Gasteiger partial charge >= 0.3 is 19.5 Å². The molecule has 0 amide bonds. The molecule has 14 heteroatoms. The van der Waals surface area contributed by atoms with E-state index < -0.39 is 61.8 Å². The molecular formula is C22H26ClN2O10P. The van der Waals surface area contributed by atoms with Gasteiger partial charge in [0.25, 0.3) is 5.56 Å². The van der Waals surface area contributed by atoms with Crippen LogP contribution < -0.4 is 11.2 Å². The molecule has 196 valence electrons. The van der Waals surface area contributed by atoms with Crippen molar-refractivity contribution < 1.29 is 37.5 Å². The van der Waals surface area contributed by atoms with Crippen molar-refractivity contribution in [1.29, 1.82) is 0 Å². The molecule has 12 nitrogen and oxygen atoms in total. The Labute approximate surface area is 210 Å². The Bertz CT molecular complexity index is 1280. The van der Waals surface area contributed by atoms with Gasteiger partial charge in [-0.15, -0.1) is 0 Å². The third-order valence-electron chi connectivity index (χ3n) is 5.87. The van der Waals surface area contributed by atoms with Crippen LogP contribution in [0.5, 0.6) is 0 Å². The van der Waals surface area contributed by atoms with Gasteiger partial charge in [0.05, 0.1) is 19.3 Å². The molecule has 0 radical (unpaired) electrons. The number of esters is 1. The molecular weight excluding hydrogens is 519 g/mol. The van der Waals surface area contributed by atoms with Crippen LogP contribution in [0, 0.1) is 0 Å². The SMILES string of the molecule is CCC(=O)O[C@@H]1[C@@H](COP2(=O)OCCC(c3cccc(Cl)c3)O2)O[C@@H](n2ccc(=O)[nH]c2=O)[C@]1(C)O. The molecule has 2 aliphatic rings. The first-order valence-electron chi connectivity index (χ1n) is 11.2. The normalized spacial score (nSPS) is 32.3. The molecule has 2 saturated heterocycles. The topological polar surface area (TPSA) is 155 Å². The summed E-state index contributed by atoms with van der Waals surface area (Å²) in [6, 6.07) is 7.98. The highest BCUT2D eigenvalue weighted by molar-refractivity contribution is 7.48. The fourth-order valence-corrected chi connectivity index (χ4v) is 5.67. The molecule has 2 fully saturated rings. The van der Waals surface area contributed by atoms with Crippen LogP contribution in [0.2, 0.25) is 5.02 Å². The molecule has 1 aromatic carbocycles. The summed E-state index contributed by atoms with van der Waals surface area (Å²) in [7, 11) is -4.08. The Hall–Kier alpha value is -2.31. The second kappa shape index (κ2) is 10.6. The third kappa shape index (κ3) is 5.65. The zero-order valence-corrected chi connectivity index (χ0v) is 21.1. The van der Waals surface area contributed by atoms with Crippen LogP contribution in [-0.2, 0) is 32.4 Å². The van der Waals surface area contributed by atoms with Gasteiger partial charge in [-0.25, -0.2) is 9.36 Å². The predicted octanol–water partition coefficient (Wildman–Crippen LogP) is 2.46. The summed E-state index contributed by atoms with van der Waals surface area (Å²) >= 11 is 6.05. The van der Waals surface area contributed by atoms with E-state index in [1.165, 1.54) is 6.92 Å². The van der Waals surface area contributed by atoms with Gasteiger partial charge in [-0.3, -0.25) is 32.7 Å². The largest absolute Gasteiger partial charge is 0.475 e. The molecule has 2 aliphatic heterocycles. The monoisotopic (exact) mass is 544 g/mol. The van der Waals surface area contributed by atoms with E-state index >= 15 is 0 Å². The summed E-state index contributed by atoms with van der Waals surface area (Å²) in [6.07, 6.45) is -2.87. The first-order valence-corrected chi connectivity index (χ1v) is 13.1. The van der Waals surface area contributed by atoms with E-state index in [2.05, 4.69) is 4.98 Å².